The summed E-state index contributed by atoms with van der Waals surface area (Å²) in [6.07, 6.45) is 2.16. The van der Waals surface area contributed by atoms with Gasteiger partial charge in [-0.05, 0) is 56.1 Å². The number of ether oxygens (including phenoxy) is 1. The van der Waals surface area contributed by atoms with Gasteiger partial charge in [-0.15, -0.1) is 0 Å². The molecule has 1 N–H and O–H groups in total. The van der Waals surface area contributed by atoms with Crippen LogP contribution in [0.25, 0.3) is 0 Å². The maximum atomic E-state index is 13.1. The second-order valence-corrected chi connectivity index (χ2v) is 16.9. The lowest BCUT2D eigenvalue weighted by molar-refractivity contribution is -0.165. The Balaban J connectivity index is 1.57. The molecule has 3 aliphatic carbocycles. The Morgan fingerprint density at radius 1 is 1.30 bits per heavy atom. The van der Waals surface area contributed by atoms with E-state index in [0.29, 0.717) is 12.8 Å². The molecule has 5 aliphatic rings. The van der Waals surface area contributed by atoms with Crippen LogP contribution in [0.4, 0.5) is 0 Å². The highest BCUT2D eigenvalue weighted by Gasteiger charge is 2.82. The van der Waals surface area contributed by atoms with Crippen LogP contribution in [0.1, 0.15) is 51.2 Å². The molecule has 6 heteroatoms. The van der Waals surface area contributed by atoms with Crippen LogP contribution < -0.4 is 9.16 Å². The van der Waals surface area contributed by atoms with Gasteiger partial charge in [0, 0.05) is 30.0 Å². The number of ketones is 1. The van der Waals surface area contributed by atoms with Gasteiger partial charge in [-0.25, -0.2) is 0 Å². The van der Waals surface area contributed by atoms with Crippen molar-refractivity contribution in [3.05, 3.63) is 23.3 Å². The number of Topliss-reactive ketones (excluding diaryl/α,β-unsaturated/α-hetero) is 1. The quantitative estimate of drug-likeness (QED) is 0.733. The standard InChI is InChI=1S/C24H33NO4Si/c1-21(2,3)30(5,6)29-16-8-7-14-11-22-12-23-17(14)18(16)28-19(23)15(26)9-10-24(23,27)20(22)25(4)13-22/h7-8,19-20,27H,9-13H2,1-6H3/t19-,20+,22?,23-,24+/m0/s1. The molecule has 1 aromatic carbocycles. The second-order valence-electron chi connectivity index (χ2n) is 12.2. The first kappa shape index (κ1) is 19.3. The summed E-state index contributed by atoms with van der Waals surface area (Å²) in [5, 5.41) is 12.3. The molecule has 2 bridgehead atoms. The average Bonchev–Trinajstić information content (AvgIpc) is 3.04. The molecule has 0 radical (unpaired) electrons. The molecule has 162 valence electrons. The van der Waals surface area contributed by atoms with Crippen molar-refractivity contribution in [1.82, 2.24) is 4.90 Å². The molecule has 2 aliphatic heterocycles. The summed E-state index contributed by atoms with van der Waals surface area (Å²) < 4.78 is 13.2. The van der Waals surface area contributed by atoms with E-state index in [1.807, 2.05) is 0 Å². The molecular weight excluding hydrogens is 394 g/mol. The molecule has 30 heavy (non-hydrogen) atoms. The molecule has 3 fully saturated rings. The van der Waals surface area contributed by atoms with Crippen LogP contribution in [-0.2, 0) is 16.6 Å². The zero-order valence-corrected chi connectivity index (χ0v) is 20.0. The highest BCUT2D eigenvalue weighted by atomic mass is 28.4. The van der Waals surface area contributed by atoms with E-state index in [9.17, 15) is 9.90 Å². The molecule has 1 saturated heterocycles. The number of likely N-dealkylation sites (N-methyl/N-ethyl adjacent to an activating group) is 1. The van der Waals surface area contributed by atoms with Crippen molar-refractivity contribution >= 4 is 14.1 Å². The third-order valence-corrected chi connectivity index (χ3v) is 13.9. The molecule has 1 aromatic rings. The number of nitrogens with zero attached hydrogens (tertiary/aromatic N) is 1. The third-order valence-electron chi connectivity index (χ3n) is 9.54. The van der Waals surface area contributed by atoms with Crippen LogP contribution in [0.3, 0.4) is 0 Å². The highest BCUT2D eigenvalue weighted by Crippen LogP contribution is 2.74. The van der Waals surface area contributed by atoms with Gasteiger partial charge in [0.1, 0.15) is 5.75 Å². The first-order valence-corrected chi connectivity index (χ1v) is 14.2. The Kier molecular flexibility index (Phi) is 3.32. The fourth-order valence-corrected chi connectivity index (χ4v) is 8.60. The van der Waals surface area contributed by atoms with E-state index in [1.54, 1.807) is 0 Å². The van der Waals surface area contributed by atoms with E-state index in [0.717, 1.165) is 36.4 Å². The summed E-state index contributed by atoms with van der Waals surface area (Å²) in [6.45, 7) is 12.1. The van der Waals surface area contributed by atoms with E-state index >= 15 is 0 Å². The van der Waals surface area contributed by atoms with Crippen LogP contribution >= 0.6 is 0 Å². The monoisotopic (exact) mass is 427 g/mol. The molecule has 2 heterocycles. The smallest absolute Gasteiger partial charge is 0.250 e. The van der Waals surface area contributed by atoms with Gasteiger partial charge >= 0.3 is 0 Å². The van der Waals surface area contributed by atoms with Gasteiger partial charge in [-0.1, -0.05) is 26.8 Å². The van der Waals surface area contributed by atoms with Gasteiger partial charge in [0.05, 0.1) is 11.0 Å². The summed E-state index contributed by atoms with van der Waals surface area (Å²) in [5.41, 5.74) is 0.877. The number of fused-ring (bicyclic) bond motifs is 1. The molecular formula is C24H33NO4Si. The molecule has 0 aromatic heterocycles. The van der Waals surface area contributed by atoms with Crippen LogP contribution in [-0.4, -0.2) is 55.4 Å². The predicted molar refractivity (Wildman–Crippen MR) is 117 cm³/mol. The van der Waals surface area contributed by atoms with E-state index < -0.39 is 25.4 Å². The Bertz CT molecular complexity index is 1000. The van der Waals surface area contributed by atoms with Crippen molar-refractivity contribution in [3.63, 3.8) is 0 Å². The minimum absolute atomic E-state index is 0.0617. The zero-order chi connectivity index (χ0) is 21.5. The summed E-state index contributed by atoms with van der Waals surface area (Å²) in [6, 6.07) is 4.35. The predicted octanol–water partition coefficient (Wildman–Crippen LogP) is 3.42. The van der Waals surface area contributed by atoms with Crippen LogP contribution in [0.15, 0.2) is 12.1 Å². The second kappa shape index (κ2) is 5.16. The average molecular weight is 428 g/mol. The van der Waals surface area contributed by atoms with Gasteiger partial charge in [-0.3, -0.25) is 9.69 Å². The van der Waals surface area contributed by atoms with E-state index in [-0.39, 0.29) is 22.3 Å². The lowest BCUT2D eigenvalue weighted by Gasteiger charge is -2.57. The van der Waals surface area contributed by atoms with Gasteiger partial charge < -0.3 is 14.3 Å². The van der Waals surface area contributed by atoms with Crippen molar-refractivity contribution in [2.45, 2.75) is 87.7 Å². The summed E-state index contributed by atoms with van der Waals surface area (Å²) in [5.74, 6) is 1.65. The minimum Gasteiger partial charge on any atom is -0.541 e. The fourth-order valence-electron chi connectivity index (χ4n) is 7.59. The third kappa shape index (κ3) is 1.87. The molecule has 2 spiro atoms. The number of rotatable bonds is 2. The maximum Gasteiger partial charge on any atom is 0.250 e. The largest absolute Gasteiger partial charge is 0.541 e. The molecule has 6 rings (SSSR count). The Morgan fingerprint density at radius 3 is 2.70 bits per heavy atom. The van der Waals surface area contributed by atoms with Gasteiger partial charge in [0.15, 0.2) is 17.6 Å². The number of hydrogen-bond acceptors (Lipinski definition) is 5. The SMILES string of the molecule is CN1CC23Cc4ccc(O[Si](C)(C)C(C)(C)C)c5c4[C@@]4(C2)[C@@H](O5)C(=O)CC[C@@]4(O)[C@H]13. The minimum atomic E-state index is -2.08. The first-order valence-electron chi connectivity index (χ1n) is 11.3. The number of benzene rings is 1. The van der Waals surface area contributed by atoms with Crippen molar-refractivity contribution in [3.8, 4) is 11.5 Å². The van der Waals surface area contributed by atoms with Gasteiger partial charge in [0.25, 0.3) is 8.32 Å². The molecule has 1 unspecified atom stereocenters. The number of aliphatic hydroxyl groups is 1. The first-order chi connectivity index (χ1) is 13.9. The Morgan fingerprint density at radius 2 is 2.03 bits per heavy atom. The highest BCUT2D eigenvalue weighted by molar-refractivity contribution is 6.74. The molecule has 2 saturated carbocycles. The van der Waals surface area contributed by atoms with Crippen LogP contribution in [0, 0.1) is 5.41 Å². The van der Waals surface area contributed by atoms with Gasteiger partial charge in [0.2, 0.25) is 0 Å². The topological polar surface area (TPSA) is 59.0 Å². The summed E-state index contributed by atoms with van der Waals surface area (Å²) in [7, 11) is 0.0390. The lowest BCUT2D eigenvalue weighted by Crippen LogP contribution is -2.71. The van der Waals surface area contributed by atoms with Crippen molar-refractivity contribution in [1.29, 1.82) is 0 Å². The fraction of sp³-hybridized carbons (Fsp3) is 0.708. The van der Waals surface area contributed by atoms with Crippen molar-refractivity contribution in [2.75, 3.05) is 13.6 Å². The van der Waals surface area contributed by atoms with E-state index in [1.165, 1.54) is 5.56 Å². The number of hydrogen-bond donors (Lipinski definition) is 1. The van der Waals surface area contributed by atoms with Crippen molar-refractivity contribution < 1.29 is 19.1 Å². The number of carbonyl (C=O) groups excluding carboxylic acids is 1. The van der Waals surface area contributed by atoms with E-state index in [4.69, 9.17) is 9.16 Å². The van der Waals surface area contributed by atoms with E-state index in [2.05, 4.69) is 57.9 Å². The molecule has 5 nitrogen and oxygen atoms in total. The lowest BCUT2D eigenvalue weighted by atomic mass is 9.57. The normalized spacial score (nSPS) is 41.1. The summed E-state index contributed by atoms with van der Waals surface area (Å²) in [4.78, 5) is 15.4. The van der Waals surface area contributed by atoms with Gasteiger partial charge in [-0.2, -0.15) is 0 Å². The number of likely N-dealkylation sites (tertiary alicyclic amines) is 1. The van der Waals surface area contributed by atoms with Crippen LogP contribution in [0.5, 0.6) is 11.5 Å². The summed E-state index contributed by atoms with van der Waals surface area (Å²) >= 11 is 0. The van der Waals surface area contributed by atoms with Crippen molar-refractivity contribution in [2.24, 2.45) is 5.41 Å². The zero-order valence-electron chi connectivity index (χ0n) is 19.0. The Labute approximate surface area is 179 Å². The Hall–Kier alpha value is -1.37. The van der Waals surface area contributed by atoms with Crippen LogP contribution in [0.2, 0.25) is 18.1 Å². The number of carbonyl (C=O) groups is 1. The molecule has 5 atom stereocenters. The maximum absolute atomic E-state index is 13.1. The molecule has 0 amide bonds.